The maximum atomic E-state index is 12.2. The quantitative estimate of drug-likeness (QED) is 0.689. The Balaban J connectivity index is 2.87. The summed E-state index contributed by atoms with van der Waals surface area (Å²) in [6, 6.07) is 4.03. The van der Waals surface area contributed by atoms with Crippen molar-refractivity contribution in [3.63, 3.8) is 0 Å². The van der Waals surface area contributed by atoms with Crippen molar-refractivity contribution < 1.29 is 18.3 Å². The molecule has 0 fully saturated rings. The Bertz CT molecular complexity index is 570. The van der Waals surface area contributed by atoms with Crippen LogP contribution < -0.4 is 15.2 Å². The van der Waals surface area contributed by atoms with Gasteiger partial charge in [-0.3, -0.25) is 0 Å². The molecule has 4 N–H and O–H groups in total. The maximum Gasteiger partial charge on any atom is 0.240 e. The summed E-state index contributed by atoms with van der Waals surface area (Å²) < 4.78 is 32.3. The topological polar surface area (TPSA) is 102 Å². The molecule has 1 aromatic carbocycles. The summed E-state index contributed by atoms with van der Waals surface area (Å²) in [6.07, 6.45) is -0.760. The molecular weight excluding hydrogens is 292 g/mol. The van der Waals surface area contributed by atoms with E-state index >= 15 is 0 Å². The van der Waals surface area contributed by atoms with Gasteiger partial charge in [0.25, 0.3) is 0 Å². The monoisotopic (exact) mass is 316 g/mol. The molecule has 0 aliphatic heterocycles. The Morgan fingerprint density at radius 3 is 2.43 bits per heavy atom. The predicted octanol–water partition coefficient (Wildman–Crippen LogP) is 0.769. The second-order valence-electron chi connectivity index (χ2n) is 5.35. The molecule has 0 aliphatic carbocycles. The molecule has 0 aromatic heterocycles. The molecule has 2 atom stereocenters. The van der Waals surface area contributed by atoms with E-state index in [0.29, 0.717) is 5.75 Å². The van der Waals surface area contributed by atoms with Gasteiger partial charge in [0.05, 0.1) is 17.1 Å². The number of nitrogens with one attached hydrogen (secondary N) is 1. The lowest BCUT2D eigenvalue weighted by Crippen LogP contribution is -2.43. The van der Waals surface area contributed by atoms with Gasteiger partial charge in [-0.05, 0) is 51.5 Å². The number of ether oxygens (including phenoxy) is 1. The Morgan fingerprint density at radius 1 is 1.33 bits per heavy atom. The smallest absolute Gasteiger partial charge is 0.240 e. The Labute approximate surface area is 126 Å². The van der Waals surface area contributed by atoms with Crippen molar-refractivity contribution in [2.24, 2.45) is 5.73 Å². The van der Waals surface area contributed by atoms with Crippen LogP contribution in [0, 0.1) is 6.92 Å². The van der Waals surface area contributed by atoms with E-state index in [1.54, 1.807) is 19.1 Å². The van der Waals surface area contributed by atoms with Crippen LogP contribution in [0.4, 0.5) is 0 Å². The number of aliphatic hydroxyl groups excluding tert-OH is 1. The highest BCUT2D eigenvalue weighted by atomic mass is 32.2. The summed E-state index contributed by atoms with van der Waals surface area (Å²) in [5, 5.41) is 9.28. The molecule has 0 amide bonds. The highest BCUT2D eigenvalue weighted by molar-refractivity contribution is 7.89. The Hall–Kier alpha value is -1.15. The van der Waals surface area contributed by atoms with Crippen LogP contribution in [-0.2, 0) is 10.0 Å². The van der Waals surface area contributed by atoms with E-state index in [0.717, 1.165) is 5.56 Å². The van der Waals surface area contributed by atoms with Crippen molar-refractivity contribution in [3.05, 3.63) is 23.8 Å². The van der Waals surface area contributed by atoms with Crippen LogP contribution in [-0.4, -0.2) is 38.3 Å². The number of aryl methyl sites for hydroxylation is 1. The first-order valence-corrected chi connectivity index (χ1v) is 8.32. The summed E-state index contributed by atoms with van der Waals surface area (Å²) in [7, 11) is -3.65. The molecule has 2 unspecified atom stereocenters. The lowest BCUT2D eigenvalue weighted by Gasteiger charge is -2.16. The van der Waals surface area contributed by atoms with E-state index in [9.17, 15) is 13.5 Å². The second-order valence-corrected chi connectivity index (χ2v) is 7.12. The van der Waals surface area contributed by atoms with Gasteiger partial charge in [-0.15, -0.1) is 0 Å². The highest BCUT2D eigenvalue weighted by Crippen LogP contribution is 2.22. The molecule has 1 aromatic rings. The third-order valence-electron chi connectivity index (χ3n) is 2.95. The molecule has 0 bridgehead atoms. The minimum Gasteiger partial charge on any atom is -0.491 e. The highest BCUT2D eigenvalue weighted by Gasteiger charge is 2.18. The van der Waals surface area contributed by atoms with Crippen molar-refractivity contribution in [3.8, 4) is 5.75 Å². The number of benzene rings is 1. The SMILES string of the molecule is Cc1cc(S(=O)(=O)NCC(N)C(C)O)ccc1OC(C)C. The standard InChI is InChI=1S/C14H24N2O4S/c1-9(2)20-14-6-5-12(7-10(14)3)21(18,19)16-8-13(15)11(4)17/h5-7,9,11,13,16-17H,8,15H2,1-4H3. The number of rotatable bonds is 7. The van der Waals surface area contributed by atoms with Crippen LogP contribution >= 0.6 is 0 Å². The fourth-order valence-corrected chi connectivity index (χ4v) is 2.79. The summed E-state index contributed by atoms with van der Waals surface area (Å²) in [5.41, 5.74) is 6.36. The average molecular weight is 316 g/mol. The van der Waals surface area contributed by atoms with Crippen molar-refractivity contribution in [2.45, 2.75) is 50.8 Å². The van der Waals surface area contributed by atoms with Crippen molar-refractivity contribution in [2.75, 3.05) is 6.54 Å². The molecule has 0 radical (unpaired) electrons. The van der Waals surface area contributed by atoms with Gasteiger partial charge in [0.2, 0.25) is 10.0 Å². The molecule has 0 heterocycles. The van der Waals surface area contributed by atoms with Crippen LogP contribution in [0.2, 0.25) is 0 Å². The minimum absolute atomic E-state index is 0.0216. The minimum atomic E-state index is -3.65. The number of sulfonamides is 1. The normalized spacial score (nSPS) is 15.0. The third-order valence-corrected chi connectivity index (χ3v) is 4.37. The van der Waals surface area contributed by atoms with Crippen LogP contribution in [0.25, 0.3) is 0 Å². The number of hydrogen-bond donors (Lipinski definition) is 3. The maximum absolute atomic E-state index is 12.2. The van der Waals surface area contributed by atoms with Gasteiger partial charge in [-0.1, -0.05) is 0 Å². The Morgan fingerprint density at radius 2 is 1.95 bits per heavy atom. The lowest BCUT2D eigenvalue weighted by atomic mass is 10.2. The van der Waals surface area contributed by atoms with E-state index in [-0.39, 0.29) is 17.5 Å². The van der Waals surface area contributed by atoms with Gasteiger partial charge in [0.15, 0.2) is 0 Å². The lowest BCUT2D eigenvalue weighted by molar-refractivity contribution is 0.164. The fraction of sp³-hybridized carbons (Fsp3) is 0.571. The summed E-state index contributed by atoms with van der Waals surface area (Å²) in [5.74, 6) is 0.657. The largest absolute Gasteiger partial charge is 0.491 e. The molecule has 1 rings (SSSR count). The van der Waals surface area contributed by atoms with Crippen LogP contribution in [0.3, 0.4) is 0 Å². The van der Waals surface area contributed by atoms with E-state index in [1.165, 1.54) is 13.0 Å². The average Bonchev–Trinajstić information content (AvgIpc) is 2.37. The summed E-state index contributed by atoms with van der Waals surface area (Å²) in [4.78, 5) is 0.147. The van der Waals surface area contributed by atoms with Crippen LogP contribution in [0.5, 0.6) is 5.75 Å². The molecule has 0 aliphatic rings. The number of hydrogen-bond acceptors (Lipinski definition) is 5. The van der Waals surface area contributed by atoms with E-state index in [4.69, 9.17) is 10.5 Å². The zero-order valence-corrected chi connectivity index (χ0v) is 13.6. The Kier molecular flexibility index (Phi) is 6.15. The second kappa shape index (κ2) is 7.22. The molecule has 0 spiro atoms. The van der Waals surface area contributed by atoms with Crippen LogP contribution in [0.15, 0.2) is 23.1 Å². The number of aliphatic hydroxyl groups is 1. The molecule has 6 nitrogen and oxygen atoms in total. The van der Waals surface area contributed by atoms with Crippen molar-refractivity contribution >= 4 is 10.0 Å². The van der Waals surface area contributed by atoms with Gasteiger partial charge in [0.1, 0.15) is 5.75 Å². The van der Waals surface area contributed by atoms with Gasteiger partial charge < -0.3 is 15.6 Å². The first-order valence-electron chi connectivity index (χ1n) is 6.84. The van der Waals surface area contributed by atoms with Gasteiger partial charge in [-0.25, -0.2) is 13.1 Å². The zero-order valence-electron chi connectivity index (χ0n) is 12.8. The van der Waals surface area contributed by atoms with Crippen molar-refractivity contribution in [1.29, 1.82) is 0 Å². The molecule has 21 heavy (non-hydrogen) atoms. The summed E-state index contributed by atoms with van der Waals surface area (Å²) >= 11 is 0. The van der Waals surface area contributed by atoms with Gasteiger partial charge in [0, 0.05) is 12.6 Å². The first-order chi connectivity index (χ1) is 9.63. The van der Waals surface area contributed by atoms with E-state index in [2.05, 4.69) is 4.72 Å². The number of nitrogens with two attached hydrogens (primary N) is 1. The molecular formula is C14H24N2O4S. The molecule has 0 saturated heterocycles. The van der Waals surface area contributed by atoms with Gasteiger partial charge in [-0.2, -0.15) is 0 Å². The zero-order chi connectivity index (χ0) is 16.2. The fourth-order valence-electron chi connectivity index (χ4n) is 1.64. The molecule has 0 saturated carbocycles. The van der Waals surface area contributed by atoms with E-state index < -0.39 is 22.2 Å². The van der Waals surface area contributed by atoms with E-state index in [1.807, 2.05) is 13.8 Å². The molecule has 120 valence electrons. The van der Waals surface area contributed by atoms with Gasteiger partial charge >= 0.3 is 0 Å². The predicted molar refractivity (Wildman–Crippen MR) is 81.8 cm³/mol. The molecule has 7 heteroatoms. The third kappa shape index (κ3) is 5.28. The van der Waals surface area contributed by atoms with Crippen LogP contribution in [0.1, 0.15) is 26.3 Å². The summed E-state index contributed by atoms with van der Waals surface area (Å²) in [6.45, 7) is 7.09. The van der Waals surface area contributed by atoms with Crippen molar-refractivity contribution in [1.82, 2.24) is 4.72 Å². The first kappa shape index (κ1) is 17.9.